The van der Waals surface area contributed by atoms with E-state index in [1.807, 2.05) is 12.1 Å². The molecule has 0 aliphatic carbocycles. The summed E-state index contributed by atoms with van der Waals surface area (Å²) in [6, 6.07) is 15.1. The monoisotopic (exact) mass is 509 g/mol. The molecule has 0 amide bonds. The zero-order valence-corrected chi connectivity index (χ0v) is 19.5. The van der Waals surface area contributed by atoms with Gasteiger partial charge in [-0.15, -0.1) is 24.0 Å². The Labute approximate surface area is 190 Å². The van der Waals surface area contributed by atoms with E-state index in [1.54, 1.807) is 12.4 Å². The predicted molar refractivity (Wildman–Crippen MR) is 128 cm³/mol. The van der Waals surface area contributed by atoms with Crippen molar-refractivity contribution in [2.45, 2.75) is 45.0 Å². The molecule has 0 saturated carbocycles. The number of nitrogens with zero attached hydrogens (tertiary/aromatic N) is 3. The Morgan fingerprint density at radius 3 is 2.66 bits per heavy atom. The van der Waals surface area contributed by atoms with Crippen LogP contribution in [0.3, 0.4) is 0 Å². The fourth-order valence-electron chi connectivity index (χ4n) is 3.62. The van der Waals surface area contributed by atoms with Crippen LogP contribution in [0.4, 0.5) is 0 Å². The molecule has 3 atom stereocenters. The number of guanidine groups is 1. The van der Waals surface area contributed by atoms with E-state index in [4.69, 9.17) is 0 Å². The second-order valence-electron chi connectivity index (χ2n) is 7.36. The Hall–Kier alpha value is -1.71. The third kappa shape index (κ3) is 7.24. The van der Waals surface area contributed by atoms with Gasteiger partial charge in [-0.1, -0.05) is 30.3 Å². The van der Waals surface area contributed by atoms with Crippen molar-refractivity contribution in [2.24, 2.45) is 4.99 Å². The highest BCUT2D eigenvalue weighted by molar-refractivity contribution is 14.0. The van der Waals surface area contributed by atoms with Crippen molar-refractivity contribution in [1.29, 1.82) is 0 Å². The highest BCUT2D eigenvalue weighted by atomic mass is 127. The maximum Gasteiger partial charge on any atom is 0.191 e. The standard InChI is InChI=1S/C22H31N5O.HI/c1-3-24-22(25-14-21(28)19-9-11-23-12-10-19)26-20-13-17(2)27(16-20)15-18-7-5-4-6-8-18;/h4-12,17,20-21,28H,3,13-16H2,1-2H3,(H2,24,25,26);1H. The third-order valence-corrected chi connectivity index (χ3v) is 5.13. The number of likely N-dealkylation sites (tertiary alicyclic amines) is 1. The average molecular weight is 509 g/mol. The van der Waals surface area contributed by atoms with Gasteiger partial charge in [-0.3, -0.25) is 14.9 Å². The van der Waals surface area contributed by atoms with Gasteiger partial charge in [-0.2, -0.15) is 0 Å². The topological polar surface area (TPSA) is 72.8 Å². The molecule has 0 radical (unpaired) electrons. The highest BCUT2D eigenvalue weighted by Crippen LogP contribution is 2.20. The maximum atomic E-state index is 10.3. The largest absolute Gasteiger partial charge is 0.386 e. The molecule has 2 heterocycles. The Morgan fingerprint density at radius 1 is 1.24 bits per heavy atom. The van der Waals surface area contributed by atoms with E-state index in [9.17, 15) is 5.11 Å². The molecule has 1 aromatic heterocycles. The van der Waals surface area contributed by atoms with E-state index >= 15 is 0 Å². The minimum Gasteiger partial charge on any atom is -0.386 e. The molecule has 1 aromatic carbocycles. The summed E-state index contributed by atoms with van der Waals surface area (Å²) in [5.41, 5.74) is 2.18. The number of aliphatic imine (C=N–C) groups is 1. The lowest BCUT2D eigenvalue weighted by atomic mass is 10.1. The first-order valence-electron chi connectivity index (χ1n) is 10.1. The van der Waals surface area contributed by atoms with E-state index in [-0.39, 0.29) is 24.0 Å². The van der Waals surface area contributed by atoms with Gasteiger partial charge in [0.25, 0.3) is 0 Å². The number of aromatic nitrogens is 1. The van der Waals surface area contributed by atoms with Crippen LogP contribution >= 0.6 is 24.0 Å². The van der Waals surface area contributed by atoms with Gasteiger partial charge < -0.3 is 15.7 Å². The fourth-order valence-corrected chi connectivity index (χ4v) is 3.62. The average Bonchev–Trinajstić information content (AvgIpc) is 3.06. The van der Waals surface area contributed by atoms with E-state index < -0.39 is 6.10 Å². The number of halogens is 1. The number of rotatable bonds is 7. The van der Waals surface area contributed by atoms with Crippen molar-refractivity contribution in [3.05, 3.63) is 66.0 Å². The molecule has 3 N–H and O–H groups in total. The zero-order chi connectivity index (χ0) is 19.8. The van der Waals surface area contributed by atoms with Crippen LogP contribution in [0.15, 0.2) is 59.9 Å². The molecule has 2 aromatic rings. The van der Waals surface area contributed by atoms with E-state index in [1.165, 1.54) is 5.56 Å². The second-order valence-corrected chi connectivity index (χ2v) is 7.36. The number of nitrogens with one attached hydrogen (secondary N) is 2. The Kier molecular flexibility index (Phi) is 9.83. The second kappa shape index (κ2) is 12.1. The molecule has 7 heteroatoms. The summed E-state index contributed by atoms with van der Waals surface area (Å²) in [4.78, 5) is 11.1. The molecule has 1 aliphatic rings. The van der Waals surface area contributed by atoms with E-state index in [0.29, 0.717) is 18.6 Å². The Balaban J connectivity index is 0.00000300. The van der Waals surface area contributed by atoms with Crippen LogP contribution in [-0.2, 0) is 6.54 Å². The van der Waals surface area contributed by atoms with Crippen LogP contribution in [0.2, 0.25) is 0 Å². The fraction of sp³-hybridized carbons (Fsp3) is 0.455. The number of aliphatic hydroxyl groups excluding tert-OH is 1. The van der Waals surface area contributed by atoms with Crippen molar-refractivity contribution in [3.63, 3.8) is 0 Å². The van der Waals surface area contributed by atoms with Gasteiger partial charge in [0.15, 0.2) is 5.96 Å². The van der Waals surface area contributed by atoms with Gasteiger partial charge in [-0.05, 0) is 43.5 Å². The summed E-state index contributed by atoms with van der Waals surface area (Å²) in [5.74, 6) is 0.759. The highest BCUT2D eigenvalue weighted by Gasteiger charge is 2.29. The molecule has 158 valence electrons. The van der Waals surface area contributed by atoms with Gasteiger partial charge in [0.1, 0.15) is 0 Å². The van der Waals surface area contributed by atoms with Crippen LogP contribution in [0.5, 0.6) is 0 Å². The maximum absolute atomic E-state index is 10.3. The summed E-state index contributed by atoms with van der Waals surface area (Å²) >= 11 is 0. The predicted octanol–water partition coefficient (Wildman–Crippen LogP) is 2.95. The minimum atomic E-state index is -0.629. The van der Waals surface area contributed by atoms with Gasteiger partial charge in [0.05, 0.1) is 12.6 Å². The van der Waals surface area contributed by atoms with E-state index in [0.717, 1.165) is 37.6 Å². The lowest BCUT2D eigenvalue weighted by Crippen LogP contribution is -2.44. The molecular weight excluding hydrogens is 477 g/mol. The summed E-state index contributed by atoms with van der Waals surface area (Å²) in [7, 11) is 0. The molecule has 1 aliphatic heterocycles. The van der Waals surface area contributed by atoms with Crippen LogP contribution in [0.1, 0.15) is 37.5 Å². The minimum absolute atomic E-state index is 0. The zero-order valence-electron chi connectivity index (χ0n) is 17.2. The number of aliphatic hydroxyl groups is 1. The Morgan fingerprint density at radius 2 is 1.97 bits per heavy atom. The molecule has 1 saturated heterocycles. The number of pyridine rings is 1. The smallest absolute Gasteiger partial charge is 0.191 e. The van der Waals surface area contributed by atoms with Crippen molar-refractivity contribution in [3.8, 4) is 0 Å². The third-order valence-electron chi connectivity index (χ3n) is 5.13. The van der Waals surface area contributed by atoms with Crippen LogP contribution in [0.25, 0.3) is 0 Å². The van der Waals surface area contributed by atoms with Crippen molar-refractivity contribution in [2.75, 3.05) is 19.6 Å². The summed E-state index contributed by atoms with van der Waals surface area (Å²) in [5, 5.41) is 17.2. The number of benzene rings is 1. The molecule has 3 rings (SSSR count). The van der Waals surface area contributed by atoms with E-state index in [2.05, 4.69) is 69.7 Å². The molecule has 0 bridgehead atoms. The molecule has 3 unspecified atom stereocenters. The first kappa shape index (κ1) is 23.6. The molecular formula is C22H32IN5O. The molecule has 29 heavy (non-hydrogen) atoms. The Bertz CT molecular complexity index is 743. The van der Waals surface area contributed by atoms with Gasteiger partial charge in [-0.25, -0.2) is 0 Å². The van der Waals surface area contributed by atoms with Crippen LogP contribution in [0, 0.1) is 0 Å². The molecule has 1 fully saturated rings. The van der Waals surface area contributed by atoms with Gasteiger partial charge in [0, 0.05) is 44.1 Å². The van der Waals surface area contributed by atoms with Gasteiger partial charge >= 0.3 is 0 Å². The lowest BCUT2D eigenvalue weighted by molar-refractivity contribution is 0.187. The van der Waals surface area contributed by atoms with Crippen molar-refractivity contribution in [1.82, 2.24) is 20.5 Å². The van der Waals surface area contributed by atoms with Crippen molar-refractivity contribution >= 4 is 29.9 Å². The van der Waals surface area contributed by atoms with Crippen LogP contribution in [-0.4, -0.2) is 52.7 Å². The van der Waals surface area contributed by atoms with Gasteiger partial charge in [0.2, 0.25) is 0 Å². The molecule has 0 spiro atoms. The molecule has 6 nitrogen and oxygen atoms in total. The quantitative estimate of drug-likeness (QED) is 0.304. The van der Waals surface area contributed by atoms with Crippen LogP contribution < -0.4 is 10.6 Å². The lowest BCUT2D eigenvalue weighted by Gasteiger charge is -2.21. The summed E-state index contributed by atoms with van der Waals surface area (Å²) < 4.78 is 0. The SMILES string of the molecule is CCNC(=NCC(O)c1ccncc1)NC1CC(C)N(Cc2ccccc2)C1.I. The summed E-state index contributed by atoms with van der Waals surface area (Å²) in [6.45, 7) is 7.38. The number of hydrogen-bond donors (Lipinski definition) is 3. The number of hydrogen-bond acceptors (Lipinski definition) is 4. The summed E-state index contributed by atoms with van der Waals surface area (Å²) in [6.07, 6.45) is 3.82. The normalized spacial score (nSPS) is 20.7. The van der Waals surface area contributed by atoms with Crippen molar-refractivity contribution < 1.29 is 5.11 Å². The first-order chi connectivity index (χ1) is 13.7. The first-order valence-corrected chi connectivity index (χ1v) is 10.1.